The SMILES string of the molecule is CCCN(C1CC1)C(CN)c1cncn1CCC. The quantitative estimate of drug-likeness (QED) is 0.769. The number of nitrogens with zero attached hydrogens (tertiary/aromatic N) is 3. The molecule has 4 heteroatoms. The van der Waals surface area contributed by atoms with E-state index in [9.17, 15) is 0 Å². The Labute approximate surface area is 110 Å². The van der Waals surface area contributed by atoms with E-state index in [-0.39, 0.29) is 0 Å². The molecule has 1 aromatic rings. The summed E-state index contributed by atoms with van der Waals surface area (Å²) < 4.78 is 2.27. The number of aromatic nitrogens is 2. The third kappa shape index (κ3) is 2.93. The van der Waals surface area contributed by atoms with Crippen LogP contribution in [0.4, 0.5) is 0 Å². The molecule has 1 aliphatic rings. The van der Waals surface area contributed by atoms with E-state index in [0.29, 0.717) is 12.6 Å². The molecule has 1 aromatic heterocycles. The minimum absolute atomic E-state index is 0.339. The number of hydrogen-bond acceptors (Lipinski definition) is 3. The van der Waals surface area contributed by atoms with Crippen LogP contribution in [0.25, 0.3) is 0 Å². The van der Waals surface area contributed by atoms with Gasteiger partial charge < -0.3 is 10.3 Å². The summed E-state index contributed by atoms with van der Waals surface area (Å²) in [5.74, 6) is 0. The van der Waals surface area contributed by atoms with Crippen LogP contribution in [0.3, 0.4) is 0 Å². The highest BCUT2D eigenvalue weighted by atomic mass is 15.2. The van der Waals surface area contributed by atoms with Crippen molar-refractivity contribution in [2.75, 3.05) is 13.1 Å². The smallest absolute Gasteiger partial charge is 0.0948 e. The lowest BCUT2D eigenvalue weighted by atomic mass is 10.1. The fraction of sp³-hybridized carbons (Fsp3) is 0.786. The number of rotatable bonds is 8. The molecule has 0 bridgehead atoms. The molecule has 1 aliphatic carbocycles. The van der Waals surface area contributed by atoms with E-state index >= 15 is 0 Å². The first kappa shape index (κ1) is 13.6. The molecule has 2 rings (SSSR count). The van der Waals surface area contributed by atoms with Crippen LogP contribution in [-0.2, 0) is 6.54 Å². The molecule has 18 heavy (non-hydrogen) atoms. The Bertz CT molecular complexity index is 356. The second-order valence-electron chi connectivity index (χ2n) is 5.23. The van der Waals surface area contributed by atoms with E-state index in [2.05, 4.69) is 28.3 Å². The third-order valence-corrected chi connectivity index (χ3v) is 3.67. The van der Waals surface area contributed by atoms with Crippen LogP contribution in [-0.4, -0.2) is 33.6 Å². The number of hydrogen-bond donors (Lipinski definition) is 1. The summed E-state index contributed by atoms with van der Waals surface area (Å²) >= 11 is 0. The summed E-state index contributed by atoms with van der Waals surface area (Å²) in [6, 6.07) is 1.09. The van der Waals surface area contributed by atoms with Gasteiger partial charge >= 0.3 is 0 Å². The van der Waals surface area contributed by atoms with Gasteiger partial charge in [0.05, 0.1) is 18.1 Å². The monoisotopic (exact) mass is 250 g/mol. The molecule has 1 unspecified atom stereocenters. The second-order valence-corrected chi connectivity index (χ2v) is 5.23. The highest BCUT2D eigenvalue weighted by molar-refractivity contribution is 5.08. The minimum atomic E-state index is 0.339. The lowest BCUT2D eigenvalue weighted by molar-refractivity contribution is 0.184. The van der Waals surface area contributed by atoms with Crippen molar-refractivity contribution in [3.05, 3.63) is 18.2 Å². The summed E-state index contributed by atoms with van der Waals surface area (Å²) in [5.41, 5.74) is 7.33. The first-order chi connectivity index (χ1) is 8.81. The molecular formula is C14H26N4. The van der Waals surface area contributed by atoms with Gasteiger partial charge in [-0.3, -0.25) is 4.90 Å². The molecule has 2 N–H and O–H groups in total. The van der Waals surface area contributed by atoms with Gasteiger partial charge in [0.25, 0.3) is 0 Å². The lowest BCUT2D eigenvalue weighted by Gasteiger charge is -2.31. The summed E-state index contributed by atoms with van der Waals surface area (Å²) in [7, 11) is 0. The van der Waals surface area contributed by atoms with Gasteiger partial charge in [-0.15, -0.1) is 0 Å². The molecule has 1 saturated carbocycles. The standard InChI is InChI=1S/C14H26N4/c1-3-7-17-11-16-10-14(17)13(9-15)18(8-4-2)12-5-6-12/h10-13H,3-9,15H2,1-2H3. The molecule has 4 nitrogen and oxygen atoms in total. The van der Waals surface area contributed by atoms with E-state index < -0.39 is 0 Å². The van der Waals surface area contributed by atoms with Crippen molar-refractivity contribution in [3.63, 3.8) is 0 Å². The van der Waals surface area contributed by atoms with Crippen molar-refractivity contribution in [3.8, 4) is 0 Å². The van der Waals surface area contributed by atoms with Crippen LogP contribution in [0.15, 0.2) is 12.5 Å². The van der Waals surface area contributed by atoms with Crippen LogP contribution < -0.4 is 5.73 Å². The van der Waals surface area contributed by atoms with Gasteiger partial charge in [0.2, 0.25) is 0 Å². The topological polar surface area (TPSA) is 47.1 Å². The summed E-state index contributed by atoms with van der Waals surface area (Å²) in [6.07, 6.45) is 8.93. The Hall–Kier alpha value is -0.870. The molecule has 0 radical (unpaired) electrons. The van der Waals surface area contributed by atoms with Gasteiger partial charge in [0, 0.05) is 25.3 Å². The first-order valence-electron chi connectivity index (χ1n) is 7.27. The molecule has 0 spiro atoms. The van der Waals surface area contributed by atoms with Gasteiger partial charge in [0.1, 0.15) is 0 Å². The number of nitrogens with two attached hydrogens (primary N) is 1. The van der Waals surface area contributed by atoms with Crippen molar-refractivity contribution >= 4 is 0 Å². The summed E-state index contributed by atoms with van der Waals surface area (Å²) in [4.78, 5) is 6.90. The van der Waals surface area contributed by atoms with Gasteiger partial charge in [-0.25, -0.2) is 4.98 Å². The van der Waals surface area contributed by atoms with Gasteiger partial charge in [-0.2, -0.15) is 0 Å². The normalized spacial score (nSPS) is 17.3. The van der Waals surface area contributed by atoms with E-state index in [1.54, 1.807) is 0 Å². The van der Waals surface area contributed by atoms with Crippen molar-refractivity contribution in [2.45, 2.75) is 58.2 Å². The zero-order valence-electron chi connectivity index (χ0n) is 11.7. The van der Waals surface area contributed by atoms with Crippen LogP contribution in [0.1, 0.15) is 51.3 Å². The number of imidazole rings is 1. The first-order valence-corrected chi connectivity index (χ1v) is 7.27. The van der Waals surface area contributed by atoms with Crippen LogP contribution in [0, 0.1) is 0 Å². The van der Waals surface area contributed by atoms with Gasteiger partial charge in [-0.05, 0) is 32.2 Å². The molecule has 0 aliphatic heterocycles. The molecule has 1 fully saturated rings. The molecule has 1 atom stereocenters. The predicted molar refractivity (Wildman–Crippen MR) is 74.3 cm³/mol. The van der Waals surface area contributed by atoms with Crippen molar-refractivity contribution < 1.29 is 0 Å². The maximum absolute atomic E-state index is 6.04. The molecular weight excluding hydrogens is 224 g/mol. The Kier molecular flexibility index (Phi) is 4.78. The fourth-order valence-corrected chi connectivity index (χ4v) is 2.72. The largest absolute Gasteiger partial charge is 0.333 e. The second kappa shape index (κ2) is 6.34. The predicted octanol–water partition coefficient (Wildman–Crippen LogP) is 2.17. The maximum Gasteiger partial charge on any atom is 0.0948 e. The summed E-state index contributed by atoms with van der Waals surface area (Å²) in [5, 5.41) is 0. The average molecular weight is 250 g/mol. The molecule has 102 valence electrons. The van der Waals surface area contributed by atoms with E-state index in [0.717, 1.165) is 25.6 Å². The molecule has 0 saturated heterocycles. The Morgan fingerprint density at radius 1 is 1.44 bits per heavy atom. The van der Waals surface area contributed by atoms with Crippen molar-refractivity contribution in [2.24, 2.45) is 5.73 Å². The Morgan fingerprint density at radius 3 is 2.78 bits per heavy atom. The van der Waals surface area contributed by atoms with Crippen molar-refractivity contribution in [1.82, 2.24) is 14.5 Å². The summed E-state index contributed by atoms with van der Waals surface area (Å²) in [6.45, 7) is 7.31. The van der Waals surface area contributed by atoms with Crippen LogP contribution >= 0.6 is 0 Å². The van der Waals surface area contributed by atoms with Crippen LogP contribution in [0.5, 0.6) is 0 Å². The minimum Gasteiger partial charge on any atom is -0.333 e. The van der Waals surface area contributed by atoms with E-state index in [1.165, 1.54) is 25.0 Å². The number of aryl methyl sites for hydroxylation is 1. The van der Waals surface area contributed by atoms with Gasteiger partial charge in [0.15, 0.2) is 0 Å². The zero-order valence-corrected chi connectivity index (χ0v) is 11.7. The van der Waals surface area contributed by atoms with Crippen LogP contribution in [0.2, 0.25) is 0 Å². The highest BCUT2D eigenvalue weighted by Crippen LogP contribution is 2.34. The molecule has 0 amide bonds. The lowest BCUT2D eigenvalue weighted by Crippen LogP contribution is -2.37. The fourth-order valence-electron chi connectivity index (χ4n) is 2.72. The maximum atomic E-state index is 6.04. The zero-order chi connectivity index (χ0) is 13.0. The average Bonchev–Trinajstić information content (AvgIpc) is 3.12. The Balaban J connectivity index is 2.16. The van der Waals surface area contributed by atoms with Gasteiger partial charge in [-0.1, -0.05) is 13.8 Å². The van der Waals surface area contributed by atoms with E-state index in [1.807, 2.05) is 12.5 Å². The molecule has 0 aromatic carbocycles. The van der Waals surface area contributed by atoms with Crippen molar-refractivity contribution in [1.29, 1.82) is 0 Å². The highest BCUT2D eigenvalue weighted by Gasteiger charge is 2.34. The third-order valence-electron chi connectivity index (χ3n) is 3.67. The Morgan fingerprint density at radius 2 is 2.22 bits per heavy atom. The van der Waals surface area contributed by atoms with E-state index in [4.69, 9.17) is 5.73 Å². The molecule has 1 heterocycles.